The fourth-order valence-corrected chi connectivity index (χ4v) is 4.90. The van der Waals surface area contributed by atoms with Crippen LogP contribution >= 0.6 is 23.2 Å². The molecule has 0 spiro atoms. The van der Waals surface area contributed by atoms with Gasteiger partial charge in [-0.1, -0.05) is 42.5 Å². The van der Waals surface area contributed by atoms with Gasteiger partial charge in [0, 0.05) is 41.0 Å². The summed E-state index contributed by atoms with van der Waals surface area (Å²) in [7, 11) is 0. The number of alkyl halides is 2. The highest BCUT2D eigenvalue weighted by atomic mass is 35.5. The summed E-state index contributed by atoms with van der Waals surface area (Å²) in [5.74, 6) is 0.997. The van der Waals surface area contributed by atoms with Gasteiger partial charge in [0.05, 0.1) is 11.1 Å². The number of anilines is 1. The standard InChI is InChI=1S/C29H23Cl2NO4/c1-18-15-21(32(13-11-30)14-12-31)9-7-19(18)8-10-22-23-16-26-24(17-25(23)35-28(22)33)27(29(34)36-26)20-5-3-2-4-6-20/h2-10,15-17H,11-14H2,1H3. The van der Waals surface area contributed by atoms with Gasteiger partial charge in [0.25, 0.3) is 0 Å². The topological polar surface area (TPSA) is 55.8 Å². The minimum absolute atomic E-state index is 0.409. The van der Waals surface area contributed by atoms with Crippen LogP contribution in [0, 0.1) is 6.92 Å². The quantitative estimate of drug-likeness (QED) is 0.254. The van der Waals surface area contributed by atoms with Crippen LogP contribution in [-0.2, 0) is 9.59 Å². The summed E-state index contributed by atoms with van der Waals surface area (Å²) in [5, 5.41) is 1.22. The Kier molecular flexibility index (Phi) is 6.86. The van der Waals surface area contributed by atoms with Crippen LogP contribution in [0.1, 0.15) is 16.7 Å². The number of halogens is 2. The van der Waals surface area contributed by atoms with Crippen LogP contribution in [0.5, 0.6) is 11.5 Å². The minimum Gasteiger partial charge on any atom is -0.422 e. The van der Waals surface area contributed by atoms with Crippen molar-refractivity contribution in [1.82, 2.24) is 0 Å². The summed E-state index contributed by atoms with van der Waals surface area (Å²) < 4.78 is 11.1. The van der Waals surface area contributed by atoms with E-state index in [9.17, 15) is 9.59 Å². The van der Waals surface area contributed by atoms with E-state index in [1.165, 1.54) is 0 Å². The minimum atomic E-state index is -0.442. The van der Waals surface area contributed by atoms with E-state index in [1.54, 1.807) is 18.2 Å². The number of rotatable bonds is 8. The van der Waals surface area contributed by atoms with E-state index in [1.807, 2.05) is 55.5 Å². The molecule has 2 aliphatic heterocycles. The van der Waals surface area contributed by atoms with Gasteiger partial charge < -0.3 is 14.4 Å². The molecule has 0 radical (unpaired) electrons. The lowest BCUT2D eigenvalue weighted by atomic mass is 10.0. The molecule has 2 aliphatic rings. The lowest BCUT2D eigenvalue weighted by Gasteiger charge is -2.23. The van der Waals surface area contributed by atoms with Crippen LogP contribution in [0.2, 0.25) is 0 Å². The number of benzene rings is 3. The molecule has 0 aromatic heterocycles. The second kappa shape index (κ2) is 10.2. The van der Waals surface area contributed by atoms with Gasteiger partial charge in [-0.2, -0.15) is 0 Å². The highest BCUT2D eigenvalue weighted by molar-refractivity contribution is 6.21. The van der Waals surface area contributed by atoms with E-state index in [-0.39, 0.29) is 0 Å². The third-order valence-corrected chi connectivity index (χ3v) is 6.63. The monoisotopic (exact) mass is 519 g/mol. The molecule has 0 bridgehead atoms. The van der Waals surface area contributed by atoms with Crippen LogP contribution in [0.15, 0.2) is 66.7 Å². The summed E-state index contributed by atoms with van der Waals surface area (Å²) in [6.45, 7) is 3.44. The van der Waals surface area contributed by atoms with Crippen LogP contribution < -0.4 is 24.8 Å². The van der Waals surface area contributed by atoms with Gasteiger partial charge in [0.2, 0.25) is 0 Å². The molecule has 182 valence electrons. The zero-order chi connectivity index (χ0) is 25.2. The molecule has 0 unspecified atom stereocenters. The van der Waals surface area contributed by atoms with Crippen LogP contribution in [0.4, 0.5) is 5.69 Å². The first-order valence-electron chi connectivity index (χ1n) is 11.6. The largest absolute Gasteiger partial charge is 0.422 e. The van der Waals surface area contributed by atoms with Gasteiger partial charge in [-0.15, -0.1) is 23.2 Å². The van der Waals surface area contributed by atoms with Gasteiger partial charge in [0.15, 0.2) is 0 Å². The molecule has 0 fully saturated rings. The second-order valence-corrected chi connectivity index (χ2v) is 9.27. The molecule has 0 amide bonds. The average molecular weight is 520 g/mol. The Morgan fingerprint density at radius 2 is 1.47 bits per heavy atom. The lowest BCUT2D eigenvalue weighted by molar-refractivity contribution is -0.128. The van der Waals surface area contributed by atoms with Crippen molar-refractivity contribution in [1.29, 1.82) is 0 Å². The van der Waals surface area contributed by atoms with Crippen molar-refractivity contribution in [3.8, 4) is 11.5 Å². The molecule has 5 nitrogen and oxygen atoms in total. The molecule has 2 heterocycles. The summed E-state index contributed by atoms with van der Waals surface area (Å²) in [4.78, 5) is 27.5. The molecule has 0 atom stereocenters. The molecule has 0 N–H and O–H groups in total. The van der Waals surface area contributed by atoms with Gasteiger partial charge in [-0.05, 0) is 54.0 Å². The number of hydrogen-bond donors (Lipinski definition) is 0. The summed E-state index contributed by atoms with van der Waals surface area (Å²) in [5.41, 5.74) is 4.69. The maximum Gasteiger partial charge on any atom is 0.344 e. The average Bonchev–Trinajstić information content (AvgIpc) is 3.35. The Balaban J connectivity index is 1.51. The smallest absolute Gasteiger partial charge is 0.344 e. The van der Waals surface area contributed by atoms with Gasteiger partial charge >= 0.3 is 11.9 Å². The highest BCUT2D eigenvalue weighted by Gasteiger charge is 2.29. The second-order valence-electron chi connectivity index (χ2n) is 8.52. The Morgan fingerprint density at radius 1 is 0.806 bits per heavy atom. The number of nitrogens with zero attached hydrogens (tertiary/aromatic N) is 1. The molecule has 5 rings (SSSR count). The fourth-order valence-electron chi connectivity index (χ4n) is 4.49. The Morgan fingerprint density at radius 3 is 2.17 bits per heavy atom. The van der Waals surface area contributed by atoms with E-state index in [4.69, 9.17) is 32.7 Å². The number of carbonyl (C=O) groups excluding carboxylic acids is 2. The number of ether oxygens (including phenoxy) is 2. The Labute approximate surface area is 218 Å². The Bertz CT molecular complexity index is 1510. The molecule has 3 aromatic rings. The molecule has 3 aromatic carbocycles. The first-order valence-corrected chi connectivity index (χ1v) is 12.6. The summed E-state index contributed by atoms with van der Waals surface area (Å²) in [6, 6.07) is 18.8. The van der Waals surface area contributed by atoms with Crippen molar-refractivity contribution in [2.75, 3.05) is 29.7 Å². The molecule has 36 heavy (non-hydrogen) atoms. The highest BCUT2D eigenvalue weighted by Crippen LogP contribution is 2.26. The van der Waals surface area contributed by atoms with Gasteiger partial charge in [-0.25, -0.2) is 9.59 Å². The maximum absolute atomic E-state index is 12.7. The van der Waals surface area contributed by atoms with E-state index >= 15 is 0 Å². The molecule has 0 saturated carbocycles. The molecular weight excluding hydrogens is 497 g/mol. The number of carbonyl (C=O) groups is 2. The van der Waals surface area contributed by atoms with Crippen molar-refractivity contribution < 1.29 is 19.1 Å². The molecular formula is C29H23Cl2NO4. The van der Waals surface area contributed by atoms with Gasteiger partial charge in [-0.3, -0.25) is 0 Å². The van der Waals surface area contributed by atoms with E-state index in [0.717, 1.165) is 22.4 Å². The van der Waals surface area contributed by atoms with Crippen molar-refractivity contribution in [3.63, 3.8) is 0 Å². The predicted molar refractivity (Wildman–Crippen MR) is 143 cm³/mol. The van der Waals surface area contributed by atoms with Crippen LogP contribution in [-0.4, -0.2) is 36.8 Å². The first kappa shape index (κ1) is 24.2. The maximum atomic E-state index is 12.7. The molecule has 0 saturated heterocycles. The van der Waals surface area contributed by atoms with Gasteiger partial charge in [0.1, 0.15) is 11.5 Å². The van der Waals surface area contributed by atoms with Crippen molar-refractivity contribution >= 4 is 58.1 Å². The van der Waals surface area contributed by atoms with E-state index in [2.05, 4.69) is 11.0 Å². The molecule has 0 aliphatic carbocycles. The van der Waals surface area contributed by atoms with Crippen molar-refractivity contribution in [2.45, 2.75) is 6.92 Å². The summed E-state index contributed by atoms with van der Waals surface area (Å²) in [6.07, 6.45) is 3.63. The van der Waals surface area contributed by atoms with Crippen LogP contribution in [0.3, 0.4) is 0 Å². The SMILES string of the molecule is Cc1cc(N(CCCl)CCCl)ccc1C=CC1=c2cc3c(cc2OC1=O)=C(c1ccccc1)C(=O)O3. The van der Waals surface area contributed by atoms with Crippen LogP contribution in [0.25, 0.3) is 17.2 Å². The van der Waals surface area contributed by atoms with Crippen molar-refractivity contribution in [3.05, 3.63) is 93.9 Å². The third-order valence-electron chi connectivity index (χ3n) is 6.29. The zero-order valence-electron chi connectivity index (χ0n) is 19.6. The van der Waals surface area contributed by atoms with E-state index in [0.29, 0.717) is 57.9 Å². The number of aryl methyl sites for hydroxylation is 1. The third kappa shape index (κ3) is 4.52. The lowest BCUT2D eigenvalue weighted by Crippen LogP contribution is -2.27. The molecule has 7 heteroatoms. The van der Waals surface area contributed by atoms with E-state index < -0.39 is 11.9 Å². The number of hydrogen-bond acceptors (Lipinski definition) is 5. The number of esters is 2. The normalized spacial score (nSPS) is 14.2. The Hall–Kier alpha value is -3.54. The zero-order valence-corrected chi connectivity index (χ0v) is 21.1. The predicted octanol–water partition coefficient (Wildman–Crippen LogP) is 4.18. The summed E-state index contributed by atoms with van der Waals surface area (Å²) >= 11 is 11.9. The van der Waals surface area contributed by atoms with Crippen molar-refractivity contribution in [2.24, 2.45) is 0 Å². The fraction of sp³-hybridized carbons (Fsp3) is 0.172. The first-order chi connectivity index (χ1) is 17.5. The number of fused-ring (bicyclic) bond motifs is 2.